The van der Waals surface area contributed by atoms with E-state index < -0.39 is 0 Å². The Hall–Kier alpha value is -0.710. The minimum Gasteiger partial charge on any atom is -0.391 e. The van der Waals surface area contributed by atoms with Crippen LogP contribution < -0.4 is 10.6 Å². The Balaban J connectivity index is 2.29. The van der Waals surface area contributed by atoms with Gasteiger partial charge in [0.05, 0.1) is 12.1 Å². The van der Waals surface area contributed by atoms with Crippen LogP contribution in [0.25, 0.3) is 0 Å². The molecule has 0 radical (unpaired) electrons. The minimum atomic E-state index is -0.220. The van der Waals surface area contributed by atoms with Gasteiger partial charge in [-0.1, -0.05) is 18.9 Å². The average Bonchev–Trinajstić information content (AvgIpc) is 2.46. The van der Waals surface area contributed by atoms with Gasteiger partial charge in [-0.25, -0.2) is 0 Å². The Kier molecular flexibility index (Phi) is 5.13. The molecule has 1 fully saturated rings. The lowest BCUT2D eigenvalue weighted by atomic mass is 9.91. The summed E-state index contributed by atoms with van der Waals surface area (Å²) in [6.45, 7) is 0.541. The lowest BCUT2D eigenvalue weighted by Gasteiger charge is -2.37. The summed E-state index contributed by atoms with van der Waals surface area (Å²) in [6, 6.07) is 6.52. The van der Waals surface area contributed by atoms with Gasteiger partial charge in [0.25, 0.3) is 0 Å². The predicted molar refractivity (Wildman–Crippen MR) is 82.8 cm³/mol. The molecule has 0 aliphatic heterocycles. The van der Waals surface area contributed by atoms with Gasteiger partial charge in [0.2, 0.25) is 0 Å². The van der Waals surface area contributed by atoms with Crippen LogP contribution in [0.3, 0.4) is 0 Å². The highest BCUT2D eigenvalue weighted by Crippen LogP contribution is 2.32. The largest absolute Gasteiger partial charge is 0.391 e. The number of nitrogens with zero attached hydrogens (tertiary/aromatic N) is 1. The number of aliphatic hydroxyl groups excluding tert-OH is 1. The van der Waals surface area contributed by atoms with Gasteiger partial charge in [0.1, 0.15) is 0 Å². The monoisotopic (exact) mass is 280 g/mol. The number of anilines is 1. The summed E-state index contributed by atoms with van der Waals surface area (Å²) in [5.41, 5.74) is 8.28. The second kappa shape index (κ2) is 6.64. The van der Waals surface area contributed by atoms with Gasteiger partial charge >= 0.3 is 0 Å². The molecule has 1 aromatic carbocycles. The highest BCUT2D eigenvalue weighted by Gasteiger charge is 2.27. The van der Waals surface area contributed by atoms with E-state index in [9.17, 15) is 5.11 Å². The molecule has 1 saturated carbocycles. The molecule has 2 unspecified atom stereocenters. The molecule has 3 N–H and O–H groups in total. The van der Waals surface area contributed by atoms with Crippen molar-refractivity contribution < 1.29 is 5.11 Å². The summed E-state index contributed by atoms with van der Waals surface area (Å²) in [5, 5.41) is 10.2. The number of aliphatic hydroxyl groups is 1. The van der Waals surface area contributed by atoms with Gasteiger partial charge in [0.15, 0.2) is 0 Å². The molecule has 1 aromatic rings. The van der Waals surface area contributed by atoms with Crippen molar-refractivity contribution in [2.75, 3.05) is 18.2 Å². The van der Waals surface area contributed by atoms with Crippen LogP contribution in [0.5, 0.6) is 0 Å². The molecule has 19 heavy (non-hydrogen) atoms. The molecule has 0 aromatic heterocycles. The molecule has 4 heteroatoms. The summed E-state index contributed by atoms with van der Waals surface area (Å²) in [5.74, 6) is 0. The number of nitrogens with two attached hydrogens (primary N) is 1. The van der Waals surface area contributed by atoms with Crippen molar-refractivity contribution >= 4 is 17.4 Å². The quantitative estimate of drug-likeness (QED) is 0.832. The Bertz CT molecular complexity index is 425. The normalized spacial score (nSPS) is 23.4. The lowest BCUT2D eigenvalue weighted by Crippen LogP contribution is -2.44. The van der Waals surface area contributed by atoms with E-state index in [1.807, 2.05) is 0 Å². The average molecular weight is 280 g/mol. The first-order valence-corrected chi connectivity index (χ1v) is 8.18. The molecular formula is C15H24N2OS. The molecule has 0 spiro atoms. The SMILES string of the molecule is CSc1cccc(N(C)C2CCCCC2O)c1CN. The third-order valence-corrected chi connectivity index (χ3v) is 4.93. The topological polar surface area (TPSA) is 49.5 Å². The van der Waals surface area contributed by atoms with E-state index in [-0.39, 0.29) is 12.1 Å². The van der Waals surface area contributed by atoms with Crippen molar-refractivity contribution in [3.05, 3.63) is 23.8 Å². The van der Waals surface area contributed by atoms with Crippen LogP contribution >= 0.6 is 11.8 Å². The zero-order chi connectivity index (χ0) is 13.8. The molecule has 1 aliphatic carbocycles. The molecule has 1 aliphatic rings. The summed E-state index contributed by atoms with van der Waals surface area (Å²) < 4.78 is 0. The summed E-state index contributed by atoms with van der Waals surface area (Å²) >= 11 is 1.73. The van der Waals surface area contributed by atoms with Gasteiger partial charge in [0, 0.05) is 29.7 Å². The number of hydrogen-bond donors (Lipinski definition) is 2. The van der Waals surface area contributed by atoms with E-state index in [2.05, 4.69) is 36.4 Å². The van der Waals surface area contributed by atoms with Crippen molar-refractivity contribution in [2.24, 2.45) is 5.73 Å². The van der Waals surface area contributed by atoms with Crippen molar-refractivity contribution in [3.8, 4) is 0 Å². The van der Waals surface area contributed by atoms with Crippen molar-refractivity contribution in [2.45, 2.75) is 49.3 Å². The molecule has 0 bridgehead atoms. The number of likely N-dealkylation sites (N-methyl/N-ethyl adjacent to an activating group) is 1. The van der Waals surface area contributed by atoms with Gasteiger partial charge in [-0.15, -0.1) is 11.8 Å². The molecule has 0 amide bonds. The zero-order valence-corrected chi connectivity index (χ0v) is 12.6. The van der Waals surface area contributed by atoms with Crippen LogP contribution in [0.2, 0.25) is 0 Å². The maximum atomic E-state index is 10.2. The Labute approximate surface area is 120 Å². The predicted octanol–water partition coefficient (Wildman–Crippen LogP) is 2.61. The Morgan fingerprint density at radius 1 is 1.37 bits per heavy atom. The first-order valence-electron chi connectivity index (χ1n) is 6.96. The number of thioether (sulfide) groups is 1. The van der Waals surface area contributed by atoms with Crippen LogP contribution in [0, 0.1) is 0 Å². The van der Waals surface area contributed by atoms with E-state index in [0.29, 0.717) is 6.54 Å². The van der Waals surface area contributed by atoms with E-state index in [4.69, 9.17) is 5.73 Å². The fourth-order valence-electron chi connectivity index (χ4n) is 3.00. The first kappa shape index (κ1) is 14.7. The second-order valence-electron chi connectivity index (χ2n) is 5.19. The lowest BCUT2D eigenvalue weighted by molar-refractivity contribution is 0.106. The zero-order valence-electron chi connectivity index (χ0n) is 11.8. The van der Waals surface area contributed by atoms with E-state index in [1.54, 1.807) is 11.8 Å². The Morgan fingerprint density at radius 2 is 2.11 bits per heavy atom. The Morgan fingerprint density at radius 3 is 2.74 bits per heavy atom. The van der Waals surface area contributed by atoms with E-state index >= 15 is 0 Å². The fraction of sp³-hybridized carbons (Fsp3) is 0.600. The molecule has 0 heterocycles. The third-order valence-electron chi connectivity index (χ3n) is 4.10. The second-order valence-corrected chi connectivity index (χ2v) is 6.04. The molecule has 3 nitrogen and oxygen atoms in total. The molecular weight excluding hydrogens is 256 g/mol. The summed E-state index contributed by atoms with van der Waals surface area (Å²) in [7, 11) is 2.08. The minimum absolute atomic E-state index is 0.219. The number of rotatable bonds is 4. The summed E-state index contributed by atoms with van der Waals surface area (Å²) in [6.07, 6.45) is 6.17. The van der Waals surface area contributed by atoms with Gasteiger partial charge < -0.3 is 15.7 Å². The smallest absolute Gasteiger partial charge is 0.0743 e. The third kappa shape index (κ3) is 3.07. The fourth-order valence-corrected chi connectivity index (χ4v) is 3.65. The van der Waals surface area contributed by atoms with E-state index in [0.717, 1.165) is 19.3 Å². The highest BCUT2D eigenvalue weighted by atomic mass is 32.2. The summed E-state index contributed by atoms with van der Waals surface area (Å²) in [4.78, 5) is 3.46. The van der Waals surface area contributed by atoms with Crippen LogP contribution in [0.1, 0.15) is 31.2 Å². The van der Waals surface area contributed by atoms with Crippen LogP contribution in [-0.4, -0.2) is 30.6 Å². The van der Waals surface area contributed by atoms with Crippen LogP contribution in [0.4, 0.5) is 5.69 Å². The maximum absolute atomic E-state index is 10.2. The van der Waals surface area contributed by atoms with Crippen molar-refractivity contribution in [1.29, 1.82) is 0 Å². The molecule has 0 saturated heterocycles. The van der Waals surface area contributed by atoms with Gasteiger partial charge in [-0.2, -0.15) is 0 Å². The molecule has 2 rings (SSSR count). The van der Waals surface area contributed by atoms with Crippen molar-refractivity contribution in [3.63, 3.8) is 0 Å². The number of benzene rings is 1. The van der Waals surface area contributed by atoms with Crippen molar-refractivity contribution in [1.82, 2.24) is 0 Å². The number of hydrogen-bond acceptors (Lipinski definition) is 4. The van der Waals surface area contributed by atoms with Gasteiger partial charge in [-0.3, -0.25) is 0 Å². The maximum Gasteiger partial charge on any atom is 0.0743 e. The van der Waals surface area contributed by atoms with Crippen LogP contribution in [0.15, 0.2) is 23.1 Å². The van der Waals surface area contributed by atoms with Crippen LogP contribution in [-0.2, 0) is 6.54 Å². The van der Waals surface area contributed by atoms with Gasteiger partial charge in [-0.05, 0) is 31.2 Å². The molecule has 2 atom stereocenters. The highest BCUT2D eigenvalue weighted by molar-refractivity contribution is 7.98. The van der Waals surface area contributed by atoms with E-state index in [1.165, 1.54) is 22.6 Å². The standard InChI is InChI=1S/C15H24N2OS/c1-17(13-6-3-4-8-14(13)18)12-7-5-9-15(19-2)11(12)10-16/h5,7,9,13-14,18H,3-4,6,8,10,16H2,1-2H3. The molecule has 106 valence electrons. The first-order chi connectivity index (χ1) is 9.19.